The van der Waals surface area contributed by atoms with E-state index in [-0.39, 0.29) is 0 Å². The minimum absolute atomic E-state index is 0.652. The largest absolute Gasteiger partial charge is 0.379 e. The summed E-state index contributed by atoms with van der Waals surface area (Å²) in [6.07, 6.45) is 8.79. The van der Waals surface area contributed by atoms with E-state index in [0.29, 0.717) is 12.1 Å². The first-order valence-corrected chi connectivity index (χ1v) is 6.38. The standard InChI is InChI=1S/C15H16N2O/c18-15(14-11-16-9-10-17-14)8-4-3-6-12-5-1-2-7-13(12)15/h1-2,5,7,9-11,18H,3-4,6,8H2. The van der Waals surface area contributed by atoms with Crippen LogP contribution in [0.3, 0.4) is 0 Å². The van der Waals surface area contributed by atoms with Crippen molar-refractivity contribution in [2.24, 2.45) is 0 Å². The molecule has 3 heteroatoms. The number of hydrogen-bond acceptors (Lipinski definition) is 3. The fourth-order valence-electron chi connectivity index (χ4n) is 2.75. The number of aliphatic hydroxyl groups is 1. The highest BCUT2D eigenvalue weighted by atomic mass is 16.3. The third-order valence-electron chi connectivity index (χ3n) is 3.68. The Bertz CT molecular complexity index is 541. The number of rotatable bonds is 1. The Kier molecular flexibility index (Phi) is 2.84. The second kappa shape index (κ2) is 4.50. The molecular weight excluding hydrogens is 224 g/mol. The Morgan fingerprint density at radius 1 is 1.11 bits per heavy atom. The summed E-state index contributed by atoms with van der Waals surface area (Å²) in [6.45, 7) is 0. The second-order valence-electron chi connectivity index (χ2n) is 4.82. The van der Waals surface area contributed by atoms with E-state index in [1.807, 2.05) is 18.2 Å². The van der Waals surface area contributed by atoms with Crippen LogP contribution < -0.4 is 0 Å². The lowest BCUT2D eigenvalue weighted by atomic mass is 9.85. The molecule has 0 saturated heterocycles. The Balaban J connectivity index is 2.16. The summed E-state index contributed by atoms with van der Waals surface area (Å²) >= 11 is 0. The molecule has 0 saturated carbocycles. The average Bonchev–Trinajstić information content (AvgIpc) is 2.61. The highest BCUT2D eigenvalue weighted by Gasteiger charge is 2.35. The zero-order valence-corrected chi connectivity index (χ0v) is 10.2. The molecule has 18 heavy (non-hydrogen) atoms. The molecule has 0 amide bonds. The lowest BCUT2D eigenvalue weighted by Crippen LogP contribution is -2.28. The molecule has 3 rings (SSSR count). The third-order valence-corrected chi connectivity index (χ3v) is 3.68. The van der Waals surface area contributed by atoms with Gasteiger partial charge in [0, 0.05) is 12.4 Å². The van der Waals surface area contributed by atoms with Crippen molar-refractivity contribution in [3.8, 4) is 0 Å². The number of nitrogens with zero attached hydrogens (tertiary/aromatic N) is 2. The van der Waals surface area contributed by atoms with E-state index in [0.717, 1.165) is 24.8 Å². The number of hydrogen-bond donors (Lipinski definition) is 1. The van der Waals surface area contributed by atoms with Gasteiger partial charge in [-0.3, -0.25) is 9.97 Å². The molecule has 1 atom stereocenters. The second-order valence-corrected chi connectivity index (χ2v) is 4.82. The summed E-state index contributed by atoms with van der Waals surface area (Å²) in [4.78, 5) is 8.39. The van der Waals surface area contributed by atoms with Crippen LogP contribution in [0.4, 0.5) is 0 Å². The normalized spacial score (nSPS) is 23.2. The molecule has 0 fully saturated rings. The van der Waals surface area contributed by atoms with Crippen molar-refractivity contribution >= 4 is 0 Å². The number of benzene rings is 1. The number of aromatic nitrogens is 2. The van der Waals surface area contributed by atoms with E-state index in [1.165, 1.54) is 5.56 Å². The van der Waals surface area contributed by atoms with Crippen LogP contribution >= 0.6 is 0 Å². The van der Waals surface area contributed by atoms with Crippen LogP contribution in [0.1, 0.15) is 36.1 Å². The van der Waals surface area contributed by atoms with E-state index in [1.54, 1.807) is 18.6 Å². The molecule has 1 aromatic heterocycles. The van der Waals surface area contributed by atoms with Crippen molar-refractivity contribution in [1.82, 2.24) is 9.97 Å². The minimum atomic E-state index is -0.985. The van der Waals surface area contributed by atoms with Crippen LogP contribution in [0.25, 0.3) is 0 Å². The predicted octanol–water partition coefficient (Wildman–Crippen LogP) is 2.44. The molecule has 1 aliphatic carbocycles. The first-order valence-electron chi connectivity index (χ1n) is 6.38. The van der Waals surface area contributed by atoms with Gasteiger partial charge in [-0.1, -0.05) is 24.3 Å². The molecule has 0 radical (unpaired) electrons. The zero-order valence-electron chi connectivity index (χ0n) is 10.2. The van der Waals surface area contributed by atoms with Crippen LogP contribution in [-0.2, 0) is 12.0 Å². The van der Waals surface area contributed by atoms with Crippen molar-refractivity contribution in [3.05, 3.63) is 59.7 Å². The first-order chi connectivity index (χ1) is 8.81. The quantitative estimate of drug-likeness (QED) is 0.779. The van der Waals surface area contributed by atoms with Crippen LogP contribution in [0.15, 0.2) is 42.9 Å². The summed E-state index contributed by atoms with van der Waals surface area (Å²) < 4.78 is 0. The van der Waals surface area contributed by atoms with Crippen LogP contribution in [-0.4, -0.2) is 15.1 Å². The molecule has 0 spiro atoms. The van der Waals surface area contributed by atoms with E-state index < -0.39 is 5.60 Å². The molecular formula is C15H16N2O. The van der Waals surface area contributed by atoms with Crippen LogP contribution in [0, 0.1) is 0 Å². The third kappa shape index (κ3) is 1.81. The van der Waals surface area contributed by atoms with E-state index in [2.05, 4.69) is 16.0 Å². The van der Waals surface area contributed by atoms with Crippen LogP contribution in [0.5, 0.6) is 0 Å². The van der Waals surface area contributed by atoms with Crippen molar-refractivity contribution in [2.45, 2.75) is 31.3 Å². The van der Waals surface area contributed by atoms with Gasteiger partial charge in [0.1, 0.15) is 5.60 Å². The first kappa shape index (κ1) is 11.4. The van der Waals surface area contributed by atoms with Gasteiger partial charge in [-0.25, -0.2) is 0 Å². The molecule has 1 aromatic carbocycles. The summed E-state index contributed by atoms with van der Waals surface area (Å²) in [5, 5.41) is 11.1. The molecule has 1 unspecified atom stereocenters. The Labute approximate surface area is 107 Å². The lowest BCUT2D eigenvalue weighted by molar-refractivity contribution is 0.0655. The minimum Gasteiger partial charge on any atom is -0.379 e. The summed E-state index contributed by atoms with van der Waals surface area (Å²) in [7, 11) is 0. The van der Waals surface area contributed by atoms with Crippen LogP contribution in [0.2, 0.25) is 0 Å². The Hall–Kier alpha value is -1.74. The van der Waals surface area contributed by atoms with Crippen molar-refractivity contribution in [3.63, 3.8) is 0 Å². The fourth-order valence-corrected chi connectivity index (χ4v) is 2.75. The highest BCUT2D eigenvalue weighted by Crippen LogP contribution is 2.38. The van der Waals surface area contributed by atoms with Crippen molar-refractivity contribution in [2.75, 3.05) is 0 Å². The molecule has 92 valence electrons. The molecule has 1 heterocycles. The fraction of sp³-hybridized carbons (Fsp3) is 0.333. The maximum atomic E-state index is 11.1. The SMILES string of the molecule is OC1(c2cnccn2)CCCCc2ccccc21. The smallest absolute Gasteiger partial charge is 0.133 e. The van der Waals surface area contributed by atoms with Gasteiger partial charge >= 0.3 is 0 Å². The van der Waals surface area contributed by atoms with Gasteiger partial charge in [0.05, 0.1) is 11.9 Å². The zero-order chi connectivity index (χ0) is 12.4. The molecule has 0 aliphatic heterocycles. The number of aryl methyl sites for hydroxylation is 1. The van der Waals surface area contributed by atoms with Gasteiger partial charge in [-0.15, -0.1) is 0 Å². The maximum Gasteiger partial charge on any atom is 0.133 e. The van der Waals surface area contributed by atoms with Gasteiger partial charge in [0.15, 0.2) is 0 Å². The molecule has 1 aliphatic rings. The molecule has 3 nitrogen and oxygen atoms in total. The molecule has 2 aromatic rings. The van der Waals surface area contributed by atoms with Gasteiger partial charge in [-0.05, 0) is 36.8 Å². The van der Waals surface area contributed by atoms with Crippen molar-refractivity contribution in [1.29, 1.82) is 0 Å². The topological polar surface area (TPSA) is 46.0 Å². The Morgan fingerprint density at radius 2 is 2.00 bits per heavy atom. The highest BCUT2D eigenvalue weighted by molar-refractivity contribution is 5.38. The lowest BCUT2D eigenvalue weighted by Gasteiger charge is -2.28. The molecule has 0 bridgehead atoms. The average molecular weight is 240 g/mol. The van der Waals surface area contributed by atoms with E-state index >= 15 is 0 Å². The van der Waals surface area contributed by atoms with Gasteiger partial charge in [-0.2, -0.15) is 0 Å². The monoisotopic (exact) mass is 240 g/mol. The Morgan fingerprint density at radius 3 is 2.83 bits per heavy atom. The molecule has 1 N–H and O–H groups in total. The van der Waals surface area contributed by atoms with Gasteiger partial charge < -0.3 is 5.11 Å². The summed E-state index contributed by atoms with van der Waals surface area (Å²) in [5.74, 6) is 0. The summed E-state index contributed by atoms with van der Waals surface area (Å²) in [5.41, 5.74) is 1.88. The summed E-state index contributed by atoms with van der Waals surface area (Å²) in [6, 6.07) is 8.12. The maximum absolute atomic E-state index is 11.1. The van der Waals surface area contributed by atoms with E-state index in [9.17, 15) is 5.11 Å². The van der Waals surface area contributed by atoms with E-state index in [4.69, 9.17) is 0 Å². The van der Waals surface area contributed by atoms with Gasteiger partial charge in [0.2, 0.25) is 0 Å². The predicted molar refractivity (Wildman–Crippen MR) is 69.0 cm³/mol. The van der Waals surface area contributed by atoms with Gasteiger partial charge in [0.25, 0.3) is 0 Å². The number of fused-ring (bicyclic) bond motifs is 1. The van der Waals surface area contributed by atoms with Crippen molar-refractivity contribution < 1.29 is 5.11 Å².